The fourth-order valence-corrected chi connectivity index (χ4v) is 2.54. The molecule has 2 aromatic rings. The fraction of sp³-hybridized carbons (Fsp3) is 0.267. The molecule has 0 aliphatic carbocycles. The first-order valence-corrected chi connectivity index (χ1v) is 7.04. The summed E-state index contributed by atoms with van der Waals surface area (Å²) in [5.41, 5.74) is 0.991. The molecule has 1 unspecified atom stereocenters. The molecule has 1 aromatic carbocycles. The Labute approximate surface area is 117 Å². The molecule has 1 atom stereocenters. The molecule has 0 saturated carbocycles. The Morgan fingerprint density at radius 3 is 2.63 bits per heavy atom. The van der Waals surface area contributed by atoms with Crippen molar-refractivity contribution in [2.75, 3.05) is 13.6 Å². The molecule has 1 amide bonds. The molecule has 3 nitrogen and oxygen atoms in total. The summed E-state index contributed by atoms with van der Waals surface area (Å²) >= 11 is 1.50. The first kappa shape index (κ1) is 13.8. The van der Waals surface area contributed by atoms with Crippen LogP contribution in [0.3, 0.4) is 0 Å². The molecule has 0 aliphatic heterocycles. The molecule has 0 aliphatic rings. The quantitative estimate of drug-likeness (QED) is 0.910. The Morgan fingerprint density at radius 2 is 2.00 bits per heavy atom. The van der Waals surface area contributed by atoms with Gasteiger partial charge in [-0.2, -0.15) is 0 Å². The van der Waals surface area contributed by atoms with E-state index in [0.717, 1.165) is 10.4 Å². The van der Waals surface area contributed by atoms with E-state index in [1.165, 1.54) is 11.3 Å². The van der Waals surface area contributed by atoms with Crippen molar-refractivity contribution in [3.05, 3.63) is 58.3 Å². The van der Waals surface area contributed by atoms with E-state index in [0.29, 0.717) is 13.0 Å². The maximum atomic E-state index is 12.0. The second-order valence-corrected chi connectivity index (χ2v) is 5.45. The normalized spacial score (nSPS) is 12.1. The van der Waals surface area contributed by atoms with E-state index < -0.39 is 6.10 Å². The van der Waals surface area contributed by atoms with Crippen molar-refractivity contribution >= 4 is 17.2 Å². The van der Waals surface area contributed by atoms with Gasteiger partial charge >= 0.3 is 0 Å². The molecule has 0 radical (unpaired) electrons. The van der Waals surface area contributed by atoms with E-state index in [1.807, 2.05) is 47.8 Å². The van der Waals surface area contributed by atoms with Crippen molar-refractivity contribution in [3.63, 3.8) is 0 Å². The SMILES string of the molecule is CN(CC(O)c1cccs1)C(=O)Cc1ccccc1. The lowest BCUT2D eigenvalue weighted by molar-refractivity contribution is -0.130. The van der Waals surface area contributed by atoms with Crippen LogP contribution in [0.2, 0.25) is 0 Å². The number of rotatable bonds is 5. The van der Waals surface area contributed by atoms with Gasteiger partial charge in [-0.15, -0.1) is 11.3 Å². The molecule has 0 saturated heterocycles. The zero-order valence-corrected chi connectivity index (χ0v) is 11.6. The summed E-state index contributed by atoms with van der Waals surface area (Å²) < 4.78 is 0. The predicted octanol–water partition coefficient (Wildman–Crippen LogP) is 2.48. The van der Waals surface area contributed by atoms with Crippen molar-refractivity contribution in [1.29, 1.82) is 0 Å². The highest BCUT2D eigenvalue weighted by Gasteiger charge is 2.15. The number of likely N-dealkylation sites (N-methyl/N-ethyl adjacent to an activating group) is 1. The molecule has 0 bridgehead atoms. The Morgan fingerprint density at radius 1 is 1.26 bits per heavy atom. The van der Waals surface area contributed by atoms with Crippen LogP contribution in [0.15, 0.2) is 47.8 Å². The standard InChI is InChI=1S/C15H17NO2S/c1-16(11-13(17)14-8-5-9-19-14)15(18)10-12-6-3-2-4-7-12/h2-9,13,17H,10-11H2,1H3. The molecule has 1 aromatic heterocycles. The molecule has 2 rings (SSSR count). The van der Waals surface area contributed by atoms with Crippen molar-refractivity contribution in [3.8, 4) is 0 Å². The third-order valence-corrected chi connectivity index (χ3v) is 3.92. The van der Waals surface area contributed by atoms with Gasteiger partial charge in [0.15, 0.2) is 0 Å². The summed E-state index contributed by atoms with van der Waals surface area (Å²) in [4.78, 5) is 14.5. The number of nitrogens with zero attached hydrogens (tertiary/aromatic N) is 1. The first-order valence-electron chi connectivity index (χ1n) is 6.16. The maximum absolute atomic E-state index is 12.0. The first-order chi connectivity index (χ1) is 9.16. The Hall–Kier alpha value is -1.65. The van der Waals surface area contributed by atoms with Crippen molar-refractivity contribution < 1.29 is 9.90 Å². The Balaban J connectivity index is 1.89. The minimum atomic E-state index is -0.607. The number of carbonyl (C=O) groups excluding carboxylic acids is 1. The van der Waals surface area contributed by atoms with Gasteiger partial charge in [0.05, 0.1) is 13.0 Å². The lowest BCUT2D eigenvalue weighted by atomic mass is 10.1. The summed E-state index contributed by atoms with van der Waals surface area (Å²) in [7, 11) is 1.72. The average molecular weight is 275 g/mol. The van der Waals surface area contributed by atoms with Crippen LogP contribution in [-0.4, -0.2) is 29.5 Å². The zero-order valence-electron chi connectivity index (χ0n) is 10.8. The minimum Gasteiger partial charge on any atom is -0.386 e. The van der Waals surface area contributed by atoms with Crippen LogP contribution in [-0.2, 0) is 11.2 Å². The molecule has 0 spiro atoms. The van der Waals surface area contributed by atoms with Crippen LogP contribution in [0.4, 0.5) is 0 Å². The van der Waals surface area contributed by atoms with E-state index in [1.54, 1.807) is 11.9 Å². The third-order valence-electron chi connectivity index (χ3n) is 2.94. The van der Waals surface area contributed by atoms with E-state index in [9.17, 15) is 9.90 Å². The van der Waals surface area contributed by atoms with Crippen LogP contribution in [0.1, 0.15) is 16.5 Å². The number of aliphatic hydroxyl groups is 1. The van der Waals surface area contributed by atoms with E-state index in [4.69, 9.17) is 0 Å². The summed E-state index contributed by atoms with van der Waals surface area (Å²) in [5, 5.41) is 11.9. The van der Waals surface area contributed by atoms with Crippen LogP contribution >= 0.6 is 11.3 Å². The topological polar surface area (TPSA) is 40.5 Å². The van der Waals surface area contributed by atoms with Gasteiger partial charge in [-0.05, 0) is 17.0 Å². The van der Waals surface area contributed by atoms with Gasteiger partial charge in [-0.25, -0.2) is 0 Å². The van der Waals surface area contributed by atoms with Gasteiger partial charge in [0, 0.05) is 11.9 Å². The molecular weight excluding hydrogens is 258 g/mol. The lowest BCUT2D eigenvalue weighted by Crippen LogP contribution is -2.32. The Kier molecular flexibility index (Phi) is 4.71. The van der Waals surface area contributed by atoms with Crippen LogP contribution < -0.4 is 0 Å². The highest BCUT2D eigenvalue weighted by atomic mass is 32.1. The summed E-state index contributed by atoms with van der Waals surface area (Å²) in [6, 6.07) is 13.4. The van der Waals surface area contributed by atoms with E-state index in [-0.39, 0.29) is 5.91 Å². The monoisotopic (exact) mass is 275 g/mol. The predicted molar refractivity (Wildman–Crippen MR) is 77.1 cm³/mol. The van der Waals surface area contributed by atoms with Crippen LogP contribution in [0, 0.1) is 0 Å². The number of hydrogen-bond donors (Lipinski definition) is 1. The summed E-state index contributed by atoms with van der Waals surface area (Å²) in [6.45, 7) is 0.326. The van der Waals surface area contributed by atoms with E-state index >= 15 is 0 Å². The number of aliphatic hydroxyl groups excluding tert-OH is 1. The average Bonchev–Trinajstić information content (AvgIpc) is 2.93. The highest BCUT2D eigenvalue weighted by molar-refractivity contribution is 7.10. The smallest absolute Gasteiger partial charge is 0.226 e. The van der Waals surface area contributed by atoms with Gasteiger partial charge in [0.25, 0.3) is 0 Å². The highest BCUT2D eigenvalue weighted by Crippen LogP contribution is 2.19. The summed E-state index contributed by atoms with van der Waals surface area (Å²) in [6.07, 6.45) is -0.237. The largest absolute Gasteiger partial charge is 0.386 e. The van der Waals surface area contributed by atoms with Crippen molar-refractivity contribution in [2.24, 2.45) is 0 Å². The molecule has 19 heavy (non-hydrogen) atoms. The summed E-state index contributed by atoms with van der Waals surface area (Å²) in [5.74, 6) is 0.0156. The van der Waals surface area contributed by atoms with Crippen LogP contribution in [0.5, 0.6) is 0 Å². The van der Waals surface area contributed by atoms with Gasteiger partial charge < -0.3 is 10.0 Å². The molecule has 1 N–H and O–H groups in total. The number of thiophene rings is 1. The van der Waals surface area contributed by atoms with Gasteiger partial charge in [-0.1, -0.05) is 36.4 Å². The molecular formula is C15H17NO2S. The van der Waals surface area contributed by atoms with Gasteiger partial charge in [0.2, 0.25) is 5.91 Å². The number of hydrogen-bond acceptors (Lipinski definition) is 3. The van der Waals surface area contributed by atoms with Gasteiger partial charge in [0.1, 0.15) is 6.10 Å². The third kappa shape index (κ3) is 3.91. The lowest BCUT2D eigenvalue weighted by Gasteiger charge is -2.20. The zero-order chi connectivity index (χ0) is 13.7. The second kappa shape index (κ2) is 6.50. The number of amides is 1. The van der Waals surface area contributed by atoms with Crippen molar-refractivity contribution in [1.82, 2.24) is 4.90 Å². The van der Waals surface area contributed by atoms with Gasteiger partial charge in [-0.3, -0.25) is 4.79 Å². The fourth-order valence-electron chi connectivity index (χ4n) is 1.84. The second-order valence-electron chi connectivity index (χ2n) is 4.47. The molecule has 0 fully saturated rings. The molecule has 100 valence electrons. The minimum absolute atomic E-state index is 0.0156. The van der Waals surface area contributed by atoms with Crippen molar-refractivity contribution in [2.45, 2.75) is 12.5 Å². The van der Waals surface area contributed by atoms with Crippen LogP contribution in [0.25, 0.3) is 0 Å². The Bertz CT molecular complexity index is 510. The molecule has 4 heteroatoms. The van der Waals surface area contributed by atoms with E-state index in [2.05, 4.69) is 0 Å². The number of carbonyl (C=O) groups is 1. The maximum Gasteiger partial charge on any atom is 0.226 e. The number of benzene rings is 1. The molecule has 1 heterocycles.